The van der Waals surface area contributed by atoms with Crippen LogP contribution in [0.3, 0.4) is 0 Å². The molecule has 0 spiro atoms. The first-order valence-electron chi connectivity index (χ1n) is 6.74. The second-order valence-electron chi connectivity index (χ2n) is 4.71. The van der Waals surface area contributed by atoms with Gasteiger partial charge in [-0.15, -0.1) is 11.3 Å². The van der Waals surface area contributed by atoms with E-state index >= 15 is 0 Å². The van der Waals surface area contributed by atoms with Gasteiger partial charge < -0.3 is 10.1 Å². The number of ether oxygens (including phenoxy) is 1. The summed E-state index contributed by atoms with van der Waals surface area (Å²) in [5.41, 5.74) is 1.86. The number of amides is 1. The Morgan fingerprint density at radius 3 is 2.64 bits per heavy atom. The average Bonchev–Trinajstić information content (AvgIpc) is 2.89. The molecule has 1 heterocycles. The minimum atomic E-state index is -0.492. The van der Waals surface area contributed by atoms with Gasteiger partial charge in [0, 0.05) is 9.35 Å². The van der Waals surface area contributed by atoms with E-state index in [2.05, 4.69) is 28.2 Å². The molecule has 0 atom stereocenters. The Morgan fingerprint density at radius 2 is 2.05 bits per heavy atom. The molecule has 0 saturated heterocycles. The number of anilines is 1. The van der Waals surface area contributed by atoms with Crippen LogP contribution in [-0.4, -0.2) is 19.0 Å². The third kappa shape index (κ3) is 3.56. The van der Waals surface area contributed by atoms with Gasteiger partial charge in [0.1, 0.15) is 0 Å². The molecule has 6 heteroatoms. The number of hydrogen-bond acceptors (Lipinski definition) is 4. The van der Waals surface area contributed by atoms with Crippen molar-refractivity contribution in [1.82, 2.24) is 0 Å². The van der Waals surface area contributed by atoms with Gasteiger partial charge in [-0.25, -0.2) is 4.79 Å². The highest BCUT2D eigenvalue weighted by molar-refractivity contribution is 9.10. The first kappa shape index (κ1) is 16.7. The van der Waals surface area contributed by atoms with Crippen LogP contribution < -0.4 is 5.32 Å². The van der Waals surface area contributed by atoms with E-state index in [1.165, 1.54) is 23.3 Å². The van der Waals surface area contributed by atoms with Gasteiger partial charge in [-0.05, 0) is 43.2 Å². The number of thiophene rings is 1. The number of halogens is 1. The molecule has 2 aromatic rings. The Hall–Kier alpha value is -1.66. The van der Waals surface area contributed by atoms with Crippen LogP contribution in [0.25, 0.3) is 0 Å². The van der Waals surface area contributed by atoms with Crippen LogP contribution in [0.5, 0.6) is 0 Å². The Morgan fingerprint density at radius 1 is 1.32 bits per heavy atom. The highest BCUT2D eigenvalue weighted by atomic mass is 79.9. The van der Waals surface area contributed by atoms with Crippen LogP contribution in [0.2, 0.25) is 0 Å². The molecule has 0 fully saturated rings. The van der Waals surface area contributed by atoms with Gasteiger partial charge in [0.25, 0.3) is 5.91 Å². The Bertz CT molecular complexity index is 724. The SMILES string of the molecule is CCc1sc(C(=O)Nc2ccc(Br)cc2C(=O)OC)cc1C. The van der Waals surface area contributed by atoms with E-state index < -0.39 is 5.97 Å². The van der Waals surface area contributed by atoms with Gasteiger partial charge in [0.05, 0.1) is 23.2 Å². The second kappa shape index (κ2) is 7.07. The number of esters is 1. The molecule has 0 aliphatic heterocycles. The van der Waals surface area contributed by atoms with Gasteiger partial charge in [-0.3, -0.25) is 4.79 Å². The van der Waals surface area contributed by atoms with E-state index in [1.54, 1.807) is 18.2 Å². The van der Waals surface area contributed by atoms with Crippen molar-refractivity contribution in [1.29, 1.82) is 0 Å². The van der Waals surface area contributed by atoms with Crippen LogP contribution >= 0.6 is 27.3 Å². The zero-order valence-electron chi connectivity index (χ0n) is 12.5. The molecule has 1 N–H and O–H groups in total. The van der Waals surface area contributed by atoms with Gasteiger partial charge in [0.15, 0.2) is 0 Å². The first-order chi connectivity index (χ1) is 10.5. The molecule has 0 radical (unpaired) electrons. The number of hydrogen-bond donors (Lipinski definition) is 1. The molecular weight excluding hydrogens is 366 g/mol. The number of carbonyl (C=O) groups is 2. The van der Waals surface area contributed by atoms with Gasteiger partial charge in [0.2, 0.25) is 0 Å². The lowest BCUT2D eigenvalue weighted by Gasteiger charge is -2.09. The van der Waals surface area contributed by atoms with Crippen LogP contribution in [0.4, 0.5) is 5.69 Å². The molecule has 0 bridgehead atoms. The number of rotatable bonds is 4. The standard InChI is InChI=1S/C16H16BrNO3S/c1-4-13-9(2)7-14(22-13)15(19)18-12-6-5-10(17)8-11(12)16(20)21-3/h5-8H,4H2,1-3H3,(H,18,19). The van der Waals surface area contributed by atoms with Crippen LogP contribution in [-0.2, 0) is 11.2 Å². The normalized spacial score (nSPS) is 10.4. The monoisotopic (exact) mass is 381 g/mol. The van der Waals surface area contributed by atoms with Crippen molar-refractivity contribution in [3.63, 3.8) is 0 Å². The van der Waals surface area contributed by atoms with Crippen molar-refractivity contribution in [3.05, 3.63) is 49.6 Å². The number of carbonyl (C=O) groups excluding carboxylic acids is 2. The van der Waals surface area contributed by atoms with Crippen molar-refractivity contribution in [2.75, 3.05) is 12.4 Å². The molecule has 0 aliphatic rings. The average molecular weight is 382 g/mol. The Balaban J connectivity index is 2.29. The Kier molecular flexibility index (Phi) is 5.37. The molecule has 2 rings (SSSR count). The zero-order valence-corrected chi connectivity index (χ0v) is 14.9. The Labute approximate surface area is 141 Å². The maximum atomic E-state index is 12.4. The number of benzene rings is 1. The largest absolute Gasteiger partial charge is 0.465 e. The summed E-state index contributed by atoms with van der Waals surface area (Å²) in [6.07, 6.45) is 0.898. The van der Waals surface area contributed by atoms with Crippen molar-refractivity contribution in [3.8, 4) is 0 Å². The lowest BCUT2D eigenvalue weighted by molar-refractivity contribution is 0.0602. The highest BCUT2D eigenvalue weighted by Crippen LogP contribution is 2.26. The van der Waals surface area contributed by atoms with Crippen LogP contribution in [0.15, 0.2) is 28.7 Å². The molecule has 116 valence electrons. The molecule has 0 unspecified atom stereocenters. The fourth-order valence-electron chi connectivity index (χ4n) is 2.07. The number of methoxy groups -OCH3 is 1. The predicted octanol–water partition coefficient (Wildman–Crippen LogP) is 4.42. The fourth-order valence-corrected chi connectivity index (χ4v) is 3.44. The van der Waals surface area contributed by atoms with E-state index in [1.807, 2.05) is 13.0 Å². The maximum Gasteiger partial charge on any atom is 0.340 e. The lowest BCUT2D eigenvalue weighted by Crippen LogP contribution is -2.14. The van der Waals surface area contributed by atoms with E-state index in [9.17, 15) is 9.59 Å². The molecule has 22 heavy (non-hydrogen) atoms. The summed E-state index contributed by atoms with van der Waals surface area (Å²) in [6, 6.07) is 6.93. The summed E-state index contributed by atoms with van der Waals surface area (Å²) in [6.45, 7) is 4.05. The second-order valence-corrected chi connectivity index (χ2v) is 6.76. The van der Waals surface area contributed by atoms with Gasteiger partial charge in [-0.1, -0.05) is 22.9 Å². The van der Waals surface area contributed by atoms with Crippen molar-refractivity contribution in [2.24, 2.45) is 0 Å². The zero-order chi connectivity index (χ0) is 16.3. The van der Waals surface area contributed by atoms with Crippen molar-refractivity contribution >= 4 is 44.8 Å². The summed E-state index contributed by atoms with van der Waals surface area (Å²) in [4.78, 5) is 26.0. The third-order valence-electron chi connectivity index (χ3n) is 3.20. The maximum absolute atomic E-state index is 12.4. The van der Waals surface area contributed by atoms with Crippen LogP contribution in [0, 0.1) is 6.92 Å². The number of nitrogens with one attached hydrogen (secondary N) is 1. The third-order valence-corrected chi connectivity index (χ3v) is 5.07. The minimum Gasteiger partial charge on any atom is -0.465 e. The summed E-state index contributed by atoms with van der Waals surface area (Å²) in [7, 11) is 1.31. The van der Waals surface area contributed by atoms with E-state index in [-0.39, 0.29) is 5.91 Å². The van der Waals surface area contributed by atoms with Gasteiger partial charge in [-0.2, -0.15) is 0 Å². The minimum absolute atomic E-state index is 0.222. The van der Waals surface area contributed by atoms with Gasteiger partial charge >= 0.3 is 5.97 Å². The molecule has 4 nitrogen and oxygen atoms in total. The quantitative estimate of drug-likeness (QED) is 0.797. The smallest absolute Gasteiger partial charge is 0.340 e. The van der Waals surface area contributed by atoms with E-state index in [0.29, 0.717) is 16.1 Å². The number of aryl methyl sites for hydroxylation is 2. The lowest BCUT2D eigenvalue weighted by atomic mass is 10.1. The predicted molar refractivity (Wildman–Crippen MR) is 91.9 cm³/mol. The van der Waals surface area contributed by atoms with Crippen molar-refractivity contribution in [2.45, 2.75) is 20.3 Å². The summed E-state index contributed by atoms with van der Waals surface area (Å²) >= 11 is 4.78. The molecule has 1 aromatic carbocycles. The topological polar surface area (TPSA) is 55.4 Å². The summed E-state index contributed by atoms with van der Waals surface area (Å²) in [5, 5.41) is 2.78. The van der Waals surface area contributed by atoms with Crippen molar-refractivity contribution < 1.29 is 14.3 Å². The van der Waals surface area contributed by atoms with Crippen LogP contribution in [0.1, 0.15) is 37.4 Å². The van der Waals surface area contributed by atoms with E-state index in [0.717, 1.165) is 16.5 Å². The summed E-state index contributed by atoms with van der Waals surface area (Å²) < 4.78 is 5.49. The summed E-state index contributed by atoms with van der Waals surface area (Å²) in [5.74, 6) is -0.714. The van der Waals surface area contributed by atoms with E-state index in [4.69, 9.17) is 4.74 Å². The first-order valence-corrected chi connectivity index (χ1v) is 8.35. The molecule has 0 aliphatic carbocycles. The highest BCUT2D eigenvalue weighted by Gasteiger charge is 2.17. The molecule has 0 saturated carbocycles. The molecule has 1 aromatic heterocycles. The fraction of sp³-hybridized carbons (Fsp3) is 0.250. The molecule has 1 amide bonds. The molecular formula is C16H16BrNO3S.